The third-order valence-electron chi connectivity index (χ3n) is 2.59. The van der Waals surface area contributed by atoms with Crippen LogP contribution < -0.4 is 0 Å². The summed E-state index contributed by atoms with van der Waals surface area (Å²) in [5.41, 5.74) is 1.03. The van der Waals surface area contributed by atoms with Gasteiger partial charge >= 0.3 is 0 Å². The highest BCUT2D eigenvalue weighted by molar-refractivity contribution is 6.42. The molecule has 3 heteroatoms. The van der Waals surface area contributed by atoms with Gasteiger partial charge in [-0.2, -0.15) is 0 Å². The maximum Gasteiger partial charge on any atom is 0.0627 e. The Balaban J connectivity index is 3.01. The summed E-state index contributed by atoms with van der Waals surface area (Å²) in [6.07, 6.45) is 0. The van der Waals surface area contributed by atoms with E-state index in [1.165, 1.54) is 0 Å². The minimum atomic E-state index is 0.0703. The number of alkyl halides is 1. The molecule has 0 spiro atoms. The Bertz CT molecular complexity index is 334. The monoisotopic (exact) mass is 264 g/mol. The molecule has 1 aromatic rings. The normalized spacial score (nSPS) is 15.4. The van der Waals surface area contributed by atoms with Gasteiger partial charge in [-0.25, -0.2) is 0 Å². The topological polar surface area (TPSA) is 0 Å². The zero-order valence-electron chi connectivity index (χ0n) is 9.10. The second-order valence-corrected chi connectivity index (χ2v) is 5.41. The van der Waals surface area contributed by atoms with Crippen LogP contribution in [0.4, 0.5) is 0 Å². The molecule has 0 amide bonds. The Kier molecular flexibility index (Phi) is 4.76. The molecule has 0 aliphatic rings. The van der Waals surface area contributed by atoms with Gasteiger partial charge in [-0.05, 0) is 23.5 Å². The minimum absolute atomic E-state index is 0.0703. The van der Waals surface area contributed by atoms with Crippen molar-refractivity contribution < 1.29 is 0 Å². The lowest BCUT2D eigenvalue weighted by Crippen LogP contribution is -2.16. The van der Waals surface area contributed by atoms with Gasteiger partial charge in [0.15, 0.2) is 0 Å². The van der Waals surface area contributed by atoms with E-state index in [9.17, 15) is 0 Å². The zero-order chi connectivity index (χ0) is 11.6. The van der Waals surface area contributed by atoms with Crippen molar-refractivity contribution in [3.05, 3.63) is 33.8 Å². The summed E-state index contributed by atoms with van der Waals surface area (Å²) >= 11 is 18.4. The molecule has 84 valence electrons. The smallest absolute Gasteiger partial charge is 0.0627 e. The fourth-order valence-corrected chi connectivity index (χ4v) is 2.24. The van der Waals surface area contributed by atoms with Crippen molar-refractivity contribution in [1.82, 2.24) is 0 Å². The SMILES string of the molecule is CC(C)C(Cl)C(C)c1cccc(Cl)c1Cl. The maximum absolute atomic E-state index is 6.32. The molecule has 0 N–H and O–H groups in total. The van der Waals surface area contributed by atoms with Gasteiger partial charge in [-0.1, -0.05) is 56.1 Å². The quantitative estimate of drug-likeness (QED) is 0.645. The van der Waals surface area contributed by atoms with Crippen molar-refractivity contribution in [2.45, 2.75) is 32.1 Å². The molecule has 0 aliphatic heterocycles. The van der Waals surface area contributed by atoms with Crippen LogP contribution in [0.2, 0.25) is 10.0 Å². The molecule has 1 aromatic carbocycles. The maximum atomic E-state index is 6.32. The van der Waals surface area contributed by atoms with Crippen LogP contribution in [-0.2, 0) is 0 Å². The van der Waals surface area contributed by atoms with E-state index in [1.807, 2.05) is 12.1 Å². The molecule has 0 heterocycles. The predicted octanol–water partition coefficient (Wildman–Crippen LogP) is 5.36. The van der Waals surface area contributed by atoms with Gasteiger partial charge in [0, 0.05) is 5.38 Å². The summed E-state index contributed by atoms with van der Waals surface area (Å²) < 4.78 is 0. The van der Waals surface area contributed by atoms with Crippen LogP contribution in [0.1, 0.15) is 32.3 Å². The van der Waals surface area contributed by atoms with Crippen molar-refractivity contribution in [3.63, 3.8) is 0 Å². The Labute approximate surface area is 107 Å². The number of benzene rings is 1. The second kappa shape index (κ2) is 5.43. The van der Waals surface area contributed by atoms with Crippen molar-refractivity contribution in [1.29, 1.82) is 0 Å². The van der Waals surface area contributed by atoms with Gasteiger partial charge in [0.1, 0.15) is 0 Å². The van der Waals surface area contributed by atoms with Gasteiger partial charge in [-0.15, -0.1) is 11.6 Å². The molecule has 15 heavy (non-hydrogen) atoms. The van der Waals surface area contributed by atoms with E-state index in [1.54, 1.807) is 6.07 Å². The lowest BCUT2D eigenvalue weighted by Gasteiger charge is -2.22. The van der Waals surface area contributed by atoms with Crippen molar-refractivity contribution in [3.8, 4) is 0 Å². The molecule has 0 fully saturated rings. The molecule has 0 saturated carbocycles. The number of halogens is 3. The molecule has 1 rings (SSSR count). The van der Waals surface area contributed by atoms with Gasteiger partial charge in [0.05, 0.1) is 10.0 Å². The van der Waals surface area contributed by atoms with Crippen LogP contribution in [0.25, 0.3) is 0 Å². The lowest BCUT2D eigenvalue weighted by atomic mass is 9.91. The van der Waals surface area contributed by atoms with Crippen LogP contribution in [0, 0.1) is 5.92 Å². The summed E-state index contributed by atoms with van der Waals surface area (Å²) in [4.78, 5) is 0. The molecular weight excluding hydrogens is 250 g/mol. The number of hydrogen-bond donors (Lipinski definition) is 0. The van der Waals surface area contributed by atoms with Gasteiger partial charge in [0.25, 0.3) is 0 Å². The Morgan fingerprint density at radius 2 is 1.67 bits per heavy atom. The first kappa shape index (κ1) is 13.2. The van der Waals surface area contributed by atoms with Crippen LogP contribution in [0.3, 0.4) is 0 Å². The molecule has 0 radical (unpaired) electrons. The van der Waals surface area contributed by atoms with Gasteiger partial charge in [0.2, 0.25) is 0 Å². The van der Waals surface area contributed by atoms with Crippen molar-refractivity contribution in [2.24, 2.45) is 5.92 Å². The highest BCUT2D eigenvalue weighted by Gasteiger charge is 2.22. The molecule has 0 bridgehead atoms. The fourth-order valence-electron chi connectivity index (χ4n) is 1.62. The van der Waals surface area contributed by atoms with Crippen LogP contribution in [0.15, 0.2) is 18.2 Å². The molecule has 0 aliphatic carbocycles. The third-order valence-corrected chi connectivity index (χ3v) is 4.30. The first-order chi connectivity index (χ1) is 6.95. The minimum Gasteiger partial charge on any atom is -0.122 e. The predicted molar refractivity (Wildman–Crippen MR) is 69.4 cm³/mol. The summed E-state index contributed by atoms with van der Waals surface area (Å²) in [5.74, 6) is 0.620. The largest absolute Gasteiger partial charge is 0.122 e. The Morgan fingerprint density at radius 1 is 1.07 bits per heavy atom. The van der Waals surface area contributed by atoms with E-state index in [2.05, 4.69) is 20.8 Å². The highest BCUT2D eigenvalue weighted by atomic mass is 35.5. The zero-order valence-corrected chi connectivity index (χ0v) is 11.4. The van der Waals surface area contributed by atoms with Gasteiger partial charge < -0.3 is 0 Å². The average molecular weight is 266 g/mol. The molecule has 0 aromatic heterocycles. The summed E-state index contributed by atoms with van der Waals surface area (Å²) in [7, 11) is 0. The molecule has 2 atom stereocenters. The van der Waals surface area contributed by atoms with E-state index in [0.29, 0.717) is 16.0 Å². The third kappa shape index (κ3) is 3.03. The van der Waals surface area contributed by atoms with E-state index >= 15 is 0 Å². The highest BCUT2D eigenvalue weighted by Crippen LogP contribution is 2.35. The first-order valence-corrected chi connectivity index (χ1v) is 6.22. The molecule has 2 unspecified atom stereocenters. The fraction of sp³-hybridized carbons (Fsp3) is 0.500. The molecular formula is C12H15Cl3. The number of rotatable bonds is 3. The van der Waals surface area contributed by atoms with Crippen LogP contribution >= 0.6 is 34.8 Å². The summed E-state index contributed by atoms with van der Waals surface area (Å²) in [6, 6.07) is 5.68. The molecule has 0 nitrogen and oxygen atoms in total. The lowest BCUT2D eigenvalue weighted by molar-refractivity contribution is 0.534. The van der Waals surface area contributed by atoms with E-state index in [4.69, 9.17) is 34.8 Å². The van der Waals surface area contributed by atoms with Crippen molar-refractivity contribution in [2.75, 3.05) is 0 Å². The summed E-state index contributed by atoms with van der Waals surface area (Å²) in [6.45, 7) is 6.29. The van der Waals surface area contributed by atoms with E-state index < -0.39 is 0 Å². The van der Waals surface area contributed by atoms with E-state index in [-0.39, 0.29) is 11.3 Å². The summed E-state index contributed by atoms with van der Waals surface area (Å²) in [5, 5.41) is 1.28. The molecule has 0 saturated heterocycles. The van der Waals surface area contributed by atoms with Crippen LogP contribution in [0.5, 0.6) is 0 Å². The Hall–Kier alpha value is 0.0900. The number of hydrogen-bond acceptors (Lipinski definition) is 0. The van der Waals surface area contributed by atoms with Gasteiger partial charge in [-0.3, -0.25) is 0 Å². The standard InChI is InChI=1S/C12H15Cl3/c1-7(2)11(14)8(3)9-5-4-6-10(13)12(9)15/h4-8,11H,1-3H3. The van der Waals surface area contributed by atoms with Crippen LogP contribution in [-0.4, -0.2) is 5.38 Å². The second-order valence-electron chi connectivity index (χ2n) is 4.12. The average Bonchev–Trinajstić information content (AvgIpc) is 2.20. The van der Waals surface area contributed by atoms with E-state index in [0.717, 1.165) is 5.56 Å². The van der Waals surface area contributed by atoms with Crippen molar-refractivity contribution >= 4 is 34.8 Å². The Morgan fingerprint density at radius 3 is 2.20 bits per heavy atom. The first-order valence-electron chi connectivity index (χ1n) is 5.03.